The van der Waals surface area contributed by atoms with Gasteiger partial charge >= 0.3 is 0 Å². The molecule has 0 bridgehead atoms. The van der Waals surface area contributed by atoms with Crippen LogP contribution in [0.25, 0.3) is 10.9 Å². The molecule has 7 heteroatoms. The van der Waals surface area contributed by atoms with Gasteiger partial charge in [-0.3, -0.25) is 14.6 Å². The van der Waals surface area contributed by atoms with Gasteiger partial charge in [-0.15, -0.1) is 0 Å². The van der Waals surface area contributed by atoms with E-state index in [-0.39, 0.29) is 23.6 Å². The fourth-order valence-corrected chi connectivity index (χ4v) is 3.70. The number of hydrogen-bond donors (Lipinski definition) is 4. The average molecular weight is 418 g/mol. The monoisotopic (exact) mass is 418 g/mol. The van der Waals surface area contributed by atoms with E-state index in [9.17, 15) is 14.7 Å². The van der Waals surface area contributed by atoms with Gasteiger partial charge in [0.05, 0.1) is 0 Å². The number of carbonyl (C=O) groups is 2. The Balaban J connectivity index is 1.19. The molecule has 160 valence electrons. The third kappa shape index (κ3) is 5.00. The molecular weight excluding hydrogens is 392 g/mol. The summed E-state index contributed by atoms with van der Waals surface area (Å²) < 4.78 is 0. The predicted molar refractivity (Wildman–Crippen MR) is 120 cm³/mol. The van der Waals surface area contributed by atoms with Crippen LogP contribution in [0.1, 0.15) is 47.5 Å². The zero-order chi connectivity index (χ0) is 21.8. The molecule has 0 spiro atoms. The number of nitrogens with one attached hydrogen (secondary N) is 2. The number of amides is 2. The number of carbonyl (C=O) groups excluding carboxylic acids is 2. The first-order valence-corrected chi connectivity index (χ1v) is 10.5. The summed E-state index contributed by atoms with van der Waals surface area (Å²) in [6, 6.07) is 14.7. The maximum atomic E-state index is 12.5. The number of anilines is 1. The van der Waals surface area contributed by atoms with Crippen molar-refractivity contribution < 1.29 is 14.7 Å². The lowest BCUT2D eigenvalue weighted by Gasteiger charge is -2.09. The number of phenolic OH excluding ortho intramolecular Hbond substituents is 1. The van der Waals surface area contributed by atoms with Gasteiger partial charge < -0.3 is 21.5 Å². The molecule has 31 heavy (non-hydrogen) atoms. The first-order chi connectivity index (χ1) is 15.0. The summed E-state index contributed by atoms with van der Waals surface area (Å²) in [5.41, 5.74) is 8.74. The molecule has 1 aliphatic rings. The lowest BCUT2D eigenvalue weighted by atomic mass is 10.1. The van der Waals surface area contributed by atoms with Crippen LogP contribution in [0.5, 0.6) is 5.75 Å². The second-order valence-corrected chi connectivity index (χ2v) is 7.92. The maximum absolute atomic E-state index is 12.5. The van der Waals surface area contributed by atoms with Crippen molar-refractivity contribution >= 4 is 28.4 Å². The fraction of sp³-hybridized carbons (Fsp3) is 0.292. The van der Waals surface area contributed by atoms with E-state index < -0.39 is 0 Å². The third-order valence-electron chi connectivity index (χ3n) is 5.57. The predicted octanol–water partition coefficient (Wildman–Crippen LogP) is 3.29. The molecule has 0 saturated heterocycles. The van der Waals surface area contributed by atoms with Gasteiger partial charge in [-0.05, 0) is 55.2 Å². The largest absolute Gasteiger partial charge is 0.506 e. The Bertz CT molecular complexity index is 1100. The van der Waals surface area contributed by atoms with Crippen LogP contribution in [0.4, 0.5) is 5.69 Å². The Morgan fingerprint density at radius 2 is 1.87 bits per heavy atom. The zero-order valence-electron chi connectivity index (χ0n) is 17.2. The molecule has 4 rings (SSSR count). The van der Waals surface area contributed by atoms with Crippen LogP contribution >= 0.6 is 0 Å². The summed E-state index contributed by atoms with van der Waals surface area (Å²) in [5, 5.41) is 16.3. The van der Waals surface area contributed by atoms with Gasteiger partial charge in [0.25, 0.3) is 5.91 Å². The molecular formula is C24H26N4O3. The summed E-state index contributed by atoms with van der Waals surface area (Å²) >= 11 is 0. The average Bonchev–Trinajstić information content (AvgIpc) is 3.51. The highest BCUT2D eigenvalue weighted by Gasteiger charge is 2.34. The highest BCUT2D eigenvalue weighted by atomic mass is 16.3. The molecule has 2 aromatic carbocycles. The Morgan fingerprint density at radius 1 is 1.10 bits per heavy atom. The minimum absolute atomic E-state index is 0.0437. The minimum Gasteiger partial charge on any atom is -0.506 e. The van der Waals surface area contributed by atoms with Crippen molar-refractivity contribution in [3.8, 4) is 5.75 Å². The van der Waals surface area contributed by atoms with Crippen LogP contribution in [-0.2, 0) is 4.79 Å². The van der Waals surface area contributed by atoms with Crippen molar-refractivity contribution in [3.63, 3.8) is 0 Å². The van der Waals surface area contributed by atoms with E-state index in [0.29, 0.717) is 48.2 Å². The van der Waals surface area contributed by atoms with Crippen LogP contribution < -0.4 is 16.4 Å². The highest BCUT2D eigenvalue weighted by Crippen LogP contribution is 2.39. The van der Waals surface area contributed by atoms with Gasteiger partial charge in [0.2, 0.25) is 5.91 Å². The number of rotatable bonds is 8. The van der Waals surface area contributed by atoms with Crippen LogP contribution in [0, 0.1) is 0 Å². The first kappa shape index (κ1) is 20.8. The first-order valence-electron chi connectivity index (χ1n) is 10.5. The Kier molecular flexibility index (Phi) is 6.13. The molecule has 7 nitrogen and oxygen atoms in total. The fourth-order valence-electron chi connectivity index (χ4n) is 3.70. The number of fused-ring (bicyclic) bond motifs is 1. The maximum Gasteiger partial charge on any atom is 0.251 e. The van der Waals surface area contributed by atoms with Crippen molar-refractivity contribution in [1.82, 2.24) is 10.3 Å². The van der Waals surface area contributed by atoms with Crippen LogP contribution in [0.15, 0.2) is 54.7 Å². The number of pyridine rings is 1. The van der Waals surface area contributed by atoms with E-state index in [1.807, 2.05) is 24.3 Å². The van der Waals surface area contributed by atoms with E-state index in [1.165, 1.54) is 11.6 Å². The number of nitrogens with zero attached hydrogens (tertiary/aromatic N) is 1. The number of unbranched alkanes of at least 4 members (excludes halogenated alkanes) is 1. The number of nitrogens with two attached hydrogens (primary N) is 1. The van der Waals surface area contributed by atoms with E-state index in [0.717, 1.165) is 12.1 Å². The second kappa shape index (κ2) is 9.14. The third-order valence-corrected chi connectivity index (χ3v) is 5.57. The molecule has 1 aliphatic carbocycles. The number of benzene rings is 2. The number of hydrogen-bond acceptors (Lipinski definition) is 5. The molecule has 0 aliphatic heterocycles. The minimum atomic E-state index is -0.224. The van der Waals surface area contributed by atoms with Gasteiger partial charge in [0.15, 0.2) is 0 Å². The lowest BCUT2D eigenvalue weighted by Crippen LogP contribution is -2.25. The van der Waals surface area contributed by atoms with E-state index in [2.05, 4.69) is 15.6 Å². The second-order valence-electron chi connectivity index (χ2n) is 7.92. The summed E-state index contributed by atoms with van der Waals surface area (Å²) in [6.45, 7) is 0.463. The molecule has 3 aromatic rings. The topological polar surface area (TPSA) is 117 Å². The van der Waals surface area contributed by atoms with Gasteiger partial charge in [-0.2, -0.15) is 0 Å². The lowest BCUT2D eigenvalue weighted by molar-refractivity contribution is -0.116. The molecule has 1 fully saturated rings. The molecule has 2 amide bonds. The summed E-state index contributed by atoms with van der Waals surface area (Å²) in [6.07, 6.45) is 4.34. The van der Waals surface area contributed by atoms with Gasteiger partial charge in [0, 0.05) is 47.8 Å². The Morgan fingerprint density at radius 3 is 2.61 bits per heavy atom. The van der Waals surface area contributed by atoms with Crippen LogP contribution in [0.2, 0.25) is 0 Å². The number of aromatic nitrogens is 1. The zero-order valence-corrected chi connectivity index (χ0v) is 17.2. The Hall–Kier alpha value is -3.45. The van der Waals surface area contributed by atoms with Crippen LogP contribution in [0.3, 0.4) is 0 Å². The molecule has 1 heterocycles. The van der Waals surface area contributed by atoms with Crippen LogP contribution in [-0.4, -0.2) is 34.5 Å². The van der Waals surface area contributed by atoms with Gasteiger partial charge in [-0.25, -0.2) is 0 Å². The Labute approximate surface area is 180 Å². The van der Waals surface area contributed by atoms with E-state index in [1.54, 1.807) is 24.4 Å². The molecule has 1 aromatic heterocycles. The summed E-state index contributed by atoms with van der Waals surface area (Å²) in [4.78, 5) is 28.8. The van der Waals surface area contributed by atoms with Gasteiger partial charge in [-0.1, -0.05) is 18.2 Å². The van der Waals surface area contributed by atoms with Crippen molar-refractivity contribution in [3.05, 3.63) is 65.9 Å². The SMILES string of the molecule is N[C@H]1C[C@@H]1c1ccc(NC(=O)CCCCNC(=O)c2ccc(O)c3ncccc23)cc1. The molecule has 0 unspecified atom stereocenters. The summed E-state index contributed by atoms with van der Waals surface area (Å²) in [7, 11) is 0. The number of phenols is 1. The van der Waals surface area contributed by atoms with Crippen molar-refractivity contribution in [1.29, 1.82) is 0 Å². The van der Waals surface area contributed by atoms with Crippen molar-refractivity contribution in [2.45, 2.75) is 37.6 Å². The standard InChI is InChI=1S/C24H26N4O3/c25-20-14-19(20)15-6-8-16(9-7-15)28-22(30)5-1-2-12-27-24(31)18-10-11-21(29)23-17(18)4-3-13-26-23/h3-4,6-11,13,19-20,29H,1-2,5,12,14,25H2,(H,27,31)(H,28,30)/t19-,20+/m1/s1. The molecule has 0 radical (unpaired) electrons. The summed E-state index contributed by atoms with van der Waals surface area (Å²) in [5.74, 6) is 0.232. The smallest absolute Gasteiger partial charge is 0.251 e. The van der Waals surface area contributed by atoms with Crippen molar-refractivity contribution in [2.24, 2.45) is 5.73 Å². The van der Waals surface area contributed by atoms with Gasteiger partial charge in [0.1, 0.15) is 11.3 Å². The molecule has 2 atom stereocenters. The van der Waals surface area contributed by atoms with E-state index >= 15 is 0 Å². The normalized spacial score (nSPS) is 17.3. The molecule has 5 N–H and O–H groups in total. The highest BCUT2D eigenvalue weighted by molar-refractivity contribution is 6.07. The number of aromatic hydroxyl groups is 1. The van der Waals surface area contributed by atoms with E-state index in [4.69, 9.17) is 5.73 Å². The van der Waals surface area contributed by atoms with Crippen molar-refractivity contribution in [2.75, 3.05) is 11.9 Å². The molecule has 1 saturated carbocycles. The quantitative estimate of drug-likeness (QED) is 0.419.